The molecule has 5 heteroatoms. The van der Waals surface area contributed by atoms with Gasteiger partial charge < -0.3 is 9.47 Å². The number of rotatable bonds is 5. The molecule has 22 heavy (non-hydrogen) atoms. The summed E-state index contributed by atoms with van der Waals surface area (Å²) in [5, 5.41) is 0. The Bertz CT molecular complexity index is 661. The zero-order valence-electron chi connectivity index (χ0n) is 12.7. The third kappa shape index (κ3) is 3.18. The Morgan fingerprint density at radius 1 is 1.36 bits per heavy atom. The van der Waals surface area contributed by atoms with Crippen LogP contribution in [0.2, 0.25) is 0 Å². The average Bonchev–Trinajstić information content (AvgIpc) is 2.86. The van der Waals surface area contributed by atoms with Crippen molar-refractivity contribution in [3.8, 4) is 0 Å². The molecule has 3 rings (SSSR count). The van der Waals surface area contributed by atoms with E-state index in [9.17, 15) is 9.18 Å². The molecular formula is C17H20FN3O. The summed E-state index contributed by atoms with van der Waals surface area (Å²) < 4.78 is 15.6. The summed E-state index contributed by atoms with van der Waals surface area (Å²) in [7, 11) is 0. The molecule has 4 nitrogen and oxygen atoms in total. The molecule has 0 unspecified atom stereocenters. The van der Waals surface area contributed by atoms with Gasteiger partial charge in [0.05, 0.1) is 0 Å². The van der Waals surface area contributed by atoms with Crippen LogP contribution in [0.15, 0.2) is 36.7 Å². The standard InChI is InChI=1S/C17H20FN3O/c1-13-19-8-9-20(13)10-14-11-21(12-14)17(22)7-6-15-4-2-3-5-16(15)18/h2-5,8-9,14H,6-7,10-12H2,1H3. The first-order valence-electron chi connectivity index (χ1n) is 7.62. The number of amides is 1. The molecule has 0 spiro atoms. The van der Waals surface area contributed by atoms with E-state index < -0.39 is 0 Å². The summed E-state index contributed by atoms with van der Waals surface area (Å²) in [4.78, 5) is 18.2. The van der Waals surface area contributed by atoms with E-state index in [-0.39, 0.29) is 11.7 Å². The van der Waals surface area contributed by atoms with E-state index >= 15 is 0 Å². The summed E-state index contributed by atoms with van der Waals surface area (Å²) in [5.41, 5.74) is 0.613. The second-order valence-corrected chi connectivity index (χ2v) is 5.88. The maximum absolute atomic E-state index is 13.5. The molecule has 0 bridgehead atoms. The summed E-state index contributed by atoms with van der Waals surface area (Å²) in [5.74, 6) is 1.38. The highest BCUT2D eigenvalue weighted by Gasteiger charge is 2.30. The van der Waals surface area contributed by atoms with E-state index in [1.54, 1.807) is 24.4 Å². The third-order valence-electron chi connectivity index (χ3n) is 4.25. The van der Waals surface area contributed by atoms with Crippen molar-refractivity contribution < 1.29 is 9.18 Å². The van der Waals surface area contributed by atoms with Crippen molar-refractivity contribution in [2.24, 2.45) is 5.92 Å². The van der Waals surface area contributed by atoms with E-state index in [1.165, 1.54) is 6.07 Å². The first-order valence-corrected chi connectivity index (χ1v) is 7.62. The maximum atomic E-state index is 13.5. The molecular weight excluding hydrogens is 281 g/mol. The average molecular weight is 301 g/mol. The van der Waals surface area contributed by atoms with Gasteiger partial charge in [-0.25, -0.2) is 9.37 Å². The van der Waals surface area contributed by atoms with Crippen LogP contribution in [0.25, 0.3) is 0 Å². The minimum atomic E-state index is -0.229. The van der Waals surface area contributed by atoms with E-state index in [2.05, 4.69) is 9.55 Å². The Hall–Kier alpha value is -2.17. The van der Waals surface area contributed by atoms with Crippen molar-refractivity contribution in [3.63, 3.8) is 0 Å². The number of imidazole rings is 1. The highest BCUT2D eigenvalue weighted by molar-refractivity contribution is 5.77. The monoisotopic (exact) mass is 301 g/mol. The Morgan fingerprint density at radius 2 is 2.14 bits per heavy atom. The van der Waals surface area contributed by atoms with Gasteiger partial charge in [-0.05, 0) is 25.0 Å². The molecule has 1 aliphatic heterocycles. The molecule has 0 saturated carbocycles. The van der Waals surface area contributed by atoms with Crippen molar-refractivity contribution in [2.45, 2.75) is 26.3 Å². The van der Waals surface area contributed by atoms with Gasteiger partial charge in [-0.2, -0.15) is 0 Å². The quantitative estimate of drug-likeness (QED) is 0.850. The van der Waals surface area contributed by atoms with E-state index in [0.717, 1.165) is 25.5 Å². The van der Waals surface area contributed by atoms with Gasteiger partial charge in [0.25, 0.3) is 0 Å². The molecule has 0 N–H and O–H groups in total. The molecule has 0 radical (unpaired) electrons. The number of aromatic nitrogens is 2. The molecule has 1 aliphatic rings. The highest BCUT2D eigenvalue weighted by Crippen LogP contribution is 2.20. The molecule has 116 valence electrons. The first-order chi connectivity index (χ1) is 10.6. The van der Waals surface area contributed by atoms with E-state index in [4.69, 9.17) is 0 Å². The van der Waals surface area contributed by atoms with Gasteiger partial charge in [0.15, 0.2) is 0 Å². The van der Waals surface area contributed by atoms with Crippen LogP contribution >= 0.6 is 0 Å². The van der Waals surface area contributed by atoms with Crippen LogP contribution in [0.5, 0.6) is 0 Å². The molecule has 1 fully saturated rings. The number of carbonyl (C=O) groups is 1. The van der Waals surface area contributed by atoms with Crippen LogP contribution < -0.4 is 0 Å². The number of aryl methyl sites for hydroxylation is 2. The van der Waals surface area contributed by atoms with Crippen LogP contribution in [0.1, 0.15) is 17.8 Å². The second kappa shape index (κ2) is 6.30. The van der Waals surface area contributed by atoms with Crippen LogP contribution in [-0.2, 0) is 17.8 Å². The van der Waals surface area contributed by atoms with Crippen molar-refractivity contribution in [1.82, 2.24) is 14.5 Å². The number of hydrogen-bond donors (Lipinski definition) is 0. The topological polar surface area (TPSA) is 38.1 Å². The SMILES string of the molecule is Cc1nccn1CC1CN(C(=O)CCc2ccccc2F)C1. The second-order valence-electron chi connectivity index (χ2n) is 5.88. The largest absolute Gasteiger partial charge is 0.342 e. The molecule has 2 aromatic rings. The van der Waals surface area contributed by atoms with Crippen LogP contribution in [0, 0.1) is 18.7 Å². The lowest BCUT2D eigenvalue weighted by atomic mass is 9.98. The normalized spacial score (nSPS) is 14.9. The van der Waals surface area contributed by atoms with E-state index in [0.29, 0.717) is 24.3 Å². The number of hydrogen-bond acceptors (Lipinski definition) is 2. The Balaban J connectivity index is 1.44. The lowest BCUT2D eigenvalue weighted by molar-refractivity contribution is -0.137. The Morgan fingerprint density at radius 3 is 2.82 bits per heavy atom. The number of benzene rings is 1. The van der Waals surface area contributed by atoms with Gasteiger partial charge >= 0.3 is 0 Å². The van der Waals surface area contributed by atoms with Crippen LogP contribution in [0.3, 0.4) is 0 Å². The van der Waals surface area contributed by atoms with Gasteiger partial charge in [-0.15, -0.1) is 0 Å². The van der Waals surface area contributed by atoms with Gasteiger partial charge in [0.1, 0.15) is 11.6 Å². The summed E-state index contributed by atoms with van der Waals surface area (Å²) in [6.45, 7) is 4.46. The fraction of sp³-hybridized carbons (Fsp3) is 0.412. The number of carbonyl (C=O) groups excluding carboxylic acids is 1. The van der Waals surface area contributed by atoms with Crippen LogP contribution in [0.4, 0.5) is 4.39 Å². The van der Waals surface area contributed by atoms with Crippen LogP contribution in [-0.4, -0.2) is 33.4 Å². The number of likely N-dealkylation sites (tertiary alicyclic amines) is 1. The first kappa shape index (κ1) is 14.8. The molecule has 2 heterocycles. The molecule has 0 aliphatic carbocycles. The van der Waals surface area contributed by atoms with Gasteiger partial charge in [0.2, 0.25) is 5.91 Å². The van der Waals surface area contributed by atoms with Crippen molar-refractivity contribution >= 4 is 5.91 Å². The maximum Gasteiger partial charge on any atom is 0.222 e. The lowest BCUT2D eigenvalue weighted by Crippen LogP contribution is -2.51. The summed E-state index contributed by atoms with van der Waals surface area (Å²) in [6.07, 6.45) is 4.61. The number of nitrogens with zero attached hydrogens (tertiary/aromatic N) is 3. The minimum Gasteiger partial charge on any atom is -0.342 e. The zero-order chi connectivity index (χ0) is 15.5. The zero-order valence-corrected chi connectivity index (χ0v) is 12.7. The predicted molar refractivity (Wildman–Crippen MR) is 81.8 cm³/mol. The molecule has 1 amide bonds. The summed E-state index contributed by atoms with van der Waals surface area (Å²) >= 11 is 0. The highest BCUT2D eigenvalue weighted by atomic mass is 19.1. The molecule has 1 aromatic carbocycles. The van der Waals surface area contributed by atoms with Gasteiger partial charge in [-0.3, -0.25) is 4.79 Å². The van der Waals surface area contributed by atoms with E-state index in [1.807, 2.05) is 18.0 Å². The molecule has 1 saturated heterocycles. The number of halogens is 1. The predicted octanol–water partition coefficient (Wildman–Crippen LogP) is 2.42. The van der Waals surface area contributed by atoms with Crippen molar-refractivity contribution in [3.05, 3.63) is 53.9 Å². The van der Waals surface area contributed by atoms with Crippen molar-refractivity contribution in [1.29, 1.82) is 0 Å². The fourth-order valence-electron chi connectivity index (χ4n) is 2.86. The van der Waals surface area contributed by atoms with Crippen molar-refractivity contribution in [2.75, 3.05) is 13.1 Å². The summed E-state index contributed by atoms with van der Waals surface area (Å²) in [6, 6.07) is 6.64. The lowest BCUT2D eigenvalue weighted by Gasteiger charge is -2.39. The fourth-order valence-corrected chi connectivity index (χ4v) is 2.86. The smallest absolute Gasteiger partial charge is 0.222 e. The third-order valence-corrected chi connectivity index (χ3v) is 4.25. The van der Waals surface area contributed by atoms with Gasteiger partial charge in [0, 0.05) is 44.4 Å². The molecule has 0 atom stereocenters. The minimum absolute atomic E-state index is 0.113. The van der Waals surface area contributed by atoms with Gasteiger partial charge in [-0.1, -0.05) is 18.2 Å². The Kier molecular flexibility index (Phi) is 4.22. The molecule has 1 aromatic heterocycles. The Labute approximate surface area is 129 Å².